The highest BCUT2D eigenvalue weighted by molar-refractivity contribution is 7.18. The van der Waals surface area contributed by atoms with Gasteiger partial charge < -0.3 is 10.2 Å². The van der Waals surface area contributed by atoms with Crippen LogP contribution in [-0.4, -0.2) is 35.6 Å². The van der Waals surface area contributed by atoms with Crippen LogP contribution in [-0.2, 0) is 0 Å². The third-order valence-corrected chi connectivity index (χ3v) is 4.92. The van der Waals surface area contributed by atoms with E-state index in [1.807, 2.05) is 0 Å². The van der Waals surface area contributed by atoms with Crippen molar-refractivity contribution in [2.75, 3.05) is 24.5 Å². The van der Waals surface area contributed by atoms with E-state index in [2.05, 4.69) is 39.4 Å². The molecule has 3 heterocycles. The molecule has 0 aromatic carbocycles. The second-order valence-electron chi connectivity index (χ2n) is 5.08. The molecular weight excluding hydrogens is 256 g/mol. The van der Waals surface area contributed by atoms with E-state index in [9.17, 15) is 0 Å². The zero-order valence-electron chi connectivity index (χ0n) is 11.5. The number of piperidine rings is 1. The Morgan fingerprint density at radius 2 is 2.37 bits per heavy atom. The van der Waals surface area contributed by atoms with Gasteiger partial charge in [-0.3, -0.25) is 0 Å². The molecule has 0 bridgehead atoms. The second-order valence-corrected chi connectivity index (χ2v) is 5.96. The first kappa shape index (κ1) is 12.8. The van der Waals surface area contributed by atoms with Crippen LogP contribution in [0, 0.1) is 6.92 Å². The predicted octanol–water partition coefficient (Wildman–Crippen LogP) is 2.58. The molecule has 0 amide bonds. The summed E-state index contributed by atoms with van der Waals surface area (Å²) in [5, 5.41) is 5.67. The van der Waals surface area contributed by atoms with Gasteiger partial charge in [-0.05, 0) is 44.2 Å². The van der Waals surface area contributed by atoms with Crippen molar-refractivity contribution >= 4 is 27.4 Å². The molecule has 0 radical (unpaired) electrons. The molecule has 3 rings (SSSR count). The van der Waals surface area contributed by atoms with E-state index in [0.29, 0.717) is 6.04 Å². The maximum absolute atomic E-state index is 4.56. The summed E-state index contributed by atoms with van der Waals surface area (Å²) >= 11 is 1.76. The van der Waals surface area contributed by atoms with Gasteiger partial charge in [-0.2, -0.15) is 0 Å². The van der Waals surface area contributed by atoms with E-state index in [1.54, 1.807) is 17.7 Å². The second kappa shape index (κ2) is 5.43. The maximum Gasteiger partial charge on any atom is 0.150 e. The van der Waals surface area contributed by atoms with Gasteiger partial charge in [0, 0.05) is 19.1 Å². The topological polar surface area (TPSA) is 41.1 Å². The number of likely N-dealkylation sites (N-methyl/N-ethyl adjacent to an activating group) is 1. The third-order valence-electron chi connectivity index (χ3n) is 3.84. The van der Waals surface area contributed by atoms with Gasteiger partial charge in [0.1, 0.15) is 12.1 Å². The molecule has 1 aliphatic rings. The van der Waals surface area contributed by atoms with E-state index in [4.69, 9.17) is 0 Å². The molecule has 1 aliphatic heterocycles. The fraction of sp³-hybridized carbons (Fsp3) is 0.571. The number of nitrogens with zero attached hydrogens (tertiary/aromatic N) is 3. The van der Waals surface area contributed by atoms with Crippen molar-refractivity contribution in [3.05, 3.63) is 17.3 Å². The number of thiophene rings is 1. The van der Waals surface area contributed by atoms with Gasteiger partial charge in [-0.25, -0.2) is 9.97 Å². The third kappa shape index (κ3) is 2.32. The Balaban J connectivity index is 2.00. The van der Waals surface area contributed by atoms with E-state index in [-0.39, 0.29) is 0 Å². The van der Waals surface area contributed by atoms with Gasteiger partial charge in [0.2, 0.25) is 0 Å². The van der Waals surface area contributed by atoms with Crippen LogP contribution in [0.4, 0.5) is 5.82 Å². The van der Waals surface area contributed by atoms with E-state index >= 15 is 0 Å². The summed E-state index contributed by atoms with van der Waals surface area (Å²) in [6.45, 7) is 7.53. The summed E-state index contributed by atoms with van der Waals surface area (Å²) in [6, 6.07) is 0.555. The molecule has 4 nitrogen and oxygen atoms in total. The highest BCUT2D eigenvalue weighted by Crippen LogP contribution is 2.32. The minimum Gasteiger partial charge on any atom is -0.351 e. The monoisotopic (exact) mass is 276 g/mol. The molecule has 0 aliphatic carbocycles. The Labute approximate surface area is 117 Å². The molecule has 5 heteroatoms. The predicted molar refractivity (Wildman–Crippen MR) is 81.1 cm³/mol. The normalized spacial score (nSPS) is 19.8. The molecule has 2 aromatic heterocycles. The van der Waals surface area contributed by atoms with Gasteiger partial charge >= 0.3 is 0 Å². The Morgan fingerprint density at radius 3 is 3.11 bits per heavy atom. The number of aryl methyl sites for hydroxylation is 1. The van der Waals surface area contributed by atoms with Gasteiger partial charge in [-0.1, -0.05) is 0 Å². The van der Waals surface area contributed by atoms with E-state index in [0.717, 1.165) is 31.0 Å². The first-order valence-electron chi connectivity index (χ1n) is 6.97. The van der Waals surface area contributed by atoms with Gasteiger partial charge in [0.25, 0.3) is 0 Å². The average Bonchev–Trinajstić information content (AvgIpc) is 2.84. The molecular formula is C14H20N4S. The fourth-order valence-electron chi connectivity index (χ4n) is 2.84. The molecule has 1 fully saturated rings. The minimum absolute atomic E-state index is 0.555. The van der Waals surface area contributed by atoms with Gasteiger partial charge in [-0.15, -0.1) is 11.3 Å². The summed E-state index contributed by atoms with van der Waals surface area (Å²) < 4.78 is 1.23. The molecule has 1 N–H and O–H groups in total. The average molecular weight is 276 g/mol. The zero-order chi connectivity index (χ0) is 13.2. The molecule has 1 saturated heterocycles. The lowest BCUT2D eigenvalue weighted by molar-refractivity contribution is 0.434. The van der Waals surface area contributed by atoms with Crippen LogP contribution in [0.1, 0.15) is 25.3 Å². The van der Waals surface area contributed by atoms with Gasteiger partial charge in [0.05, 0.1) is 10.2 Å². The highest BCUT2D eigenvalue weighted by atomic mass is 32.1. The Morgan fingerprint density at radius 1 is 1.47 bits per heavy atom. The van der Waals surface area contributed by atoms with Crippen LogP contribution in [0.2, 0.25) is 0 Å². The fourth-order valence-corrected chi connectivity index (χ4v) is 3.85. The van der Waals surface area contributed by atoms with E-state index in [1.165, 1.54) is 23.1 Å². The molecule has 0 saturated carbocycles. The number of fused-ring (bicyclic) bond motifs is 1. The van der Waals surface area contributed by atoms with E-state index < -0.39 is 0 Å². The minimum atomic E-state index is 0.555. The molecule has 2 aromatic rings. The van der Waals surface area contributed by atoms with Crippen molar-refractivity contribution in [3.63, 3.8) is 0 Å². The summed E-state index contributed by atoms with van der Waals surface area (Å²) in [7, 11) is 0. The number of hydrogen-bond donors (Lipinski definition) is 1. The number of nitrogens with one attached hydrogen (secondary N) is 1. The SMILES string of the molecule is CCN(c1ncnc2c(C)csc12)C1CCCNC1. The lowest BCUT2D eigenvalue weighted by atomic mass is 10.1. The van der Waals surface area contributed by atoms with Crippen LogP contribution < -0.4 is 10.2 Å². The van der Waals surface area contributed by atoms with Crippen LogP contribution in [0.25, 0.3) is 10.2 Å². The van der Waals surface area contributed by atoms with Crippen molar-refractivity contribution in [1.29, 1.82) is 0 Å². The first-order chi connectivity index (χ1) is 9.31. The summed E-state index contributed by atoms with van der Waals surface area (Å²) in [4.78, 5) is 11.4. The van der Waals surface area contributed by atoms with Crippen molar-refractivity contribution in [1.82, 2.24) is 15.3 Å². The highest BCUT2D eigenvalue weighted by Gasteiger charge is 2.23. The van der Waals surface area contributed by atoms with Crippen molar-refractivity contribution in [3.8, 4) is 0 Å². The zero-order valence-corrected chi connectivity index (χ0v) is 12.3. The van der Waals surface area contributed by atoms with Crippen molar-refractivity contribution < 1.29 is 0 Å². The first-order valence-corrected chi connectivity index (χ1v) is 7.85. The van der Waals surface area contributed by atoms with Crippen LogP contribution >= 0.6 is 11.3 Å². The number of hydrogen-bond acceptors (Lipinski definition) is 5. The Kier molecular flexibility index (Phi) is 3.66. The quantitative estimate of drug-likeness (QED) is 0.935. The molecule has 1 unspecified atom stereocenters. The standard InChI is InChI=1S/C14H20N4S/c1-3-18(11-5-4-6-15-7-11)14-13-12(16-9-17-14)10(2)8-19-13/h8-9,11,15H,3-7H2,1-2H3. The van der Waals surface area contributed by atoms with Gasteiger partial charge in [0.15, 0.2) is 0 Å². The molecule has 102 valence electrons. The molecule has 19 heavy (non-hydrogen) atoms. The number of aromatic nitrogens is 2. The summed E-state index contributed by atoms with van der Waals surface area (Å²) in [6.07, 6.45) is 4.20. The lowest BCUT2D eigenvalue weighted by Crippen LogP contribution is -2.46. The summed E-state index contributed by atoms with van der Waals surface area (Å²) in [5.41, 5.74) is 2.36. The van der Waals surface area contributed by atoms with Crippen LogP contribution in [0.5, 0.6) is 0 Å². The smallest absolute Gasteiger partial charge is 0.150 e. The summed E-state index contributed by atoms with van der Waals surface area (Å²) in [5.74, 6) is 1.11. The Bertz CT molecular complexity index is 560. The number of rotatable bonds is 3. The number of anilines is 1. The lowest BCUT2D eigenvalue weighted by Gasteiger charge is -2.34. The van der Waals surface area contributed by atoms with Crippen molar-refractivity contribution in [2.45, 2.75) is 32.7 Å². The Hall–Kier alpha value is -1.20. The molecule has 0 spiro atoms. The van der Waals surface area contributed by atoms with Crippen LogP contribution in [0.3, 0.4) is 0 Å². The van der Waals surface area contributed by atoms with Crippen LogP contribution in [0.15, 0.2) is 11.7 Å². The molecule has 1 atom stereocenters. The maximum atomic E-state index is 4.56. The largest absolute Gasteiger partial charge is 0.351 e. The van der Waals surface area contributed by atoms with Crippen molar-refractivity contribution in [2.24, 2.45) is 0 Å².